The van der Waals surface area contributed by atoms with E-state index in [1.807, 2.05) is 25.4 Å². The van der Waals surface area contributed by atoms with Crippen molar-refractivity contribution < 1.29 is 0 Å². The molecule has 1 N–H and O–H groups in total. The lowest BCUT2D eigenvalue weighted by Gasteiger charge is -2.03. The van der Waals surface area contributed by atoms with Gasteiger partial charge in [-0.3, -0.25) is 4.98 Å². The highest BCUT2D eigenvalue weighted by Crippen LogP contribution is 2.20. The van der Waals surface area contributed by atoms with Gasteiger partial charge in [0.15, 0.2) is 0 Å². The van der Waals surface area contributed by atoms with Gasteiger partial charge in [0.2, 0.25) is 0 Å². The molecule has 0 saturated heterocycles. The SMILES string of the molecule is CNCc1cnc2c(S)cccc2c1. The van der Waals surface area contributed by atoms with Crippen LogP contribution in [0.2, 0.25) is 0 Å². The molecule has 0 unspecified atom stereocenters. The Kier molecular flexibility index (Phi) is 2.70. The Balaban J connectivity index is 2.56. The molecule has 14 heavy (non-hydrogen) atoms. The van der Waals surface area contributed by atoms with Gasteiger partial charge >= 0.3 is 0 Å². The second-order valence-corrected chi connectivity index (χ2v) is 3.70. The largest absolute Gasteiger partial charge is 0.316 e. The maximum Gasteiger partial charge on any atom is 0.0835 e. The Morgan fingerprint density at radius 3 is 3.07 bits per heavy atom. The Labute approximate surface area is 88.8 Å². The number of benzene rings is 1. The molecule has 0 amide bonds. The molecule has 0 saturated carbocycles. The first-order valence-corrected chi connectivity index (χ1v) is 4.97. The van der Waals surface area contributed by atoms with Gasteiger partial charge in [-0.1, -0.05) is 12.1 Å². The van der Waals surface area contributed by atoms with E-state index in [1.54, 1.807) is 0 Å². The normalized spacial score (nSPS) is 10.7. The standard InChI is InChI=1S/C11H12N2S/c1-12-6-8-5-9-3-2-4-10(14)11(9)13-7-8/h2-5,7,12,14H,6H2,1H3. The van der Waals surface area contributed by atoms with Gasteiger partial charge in [-0.2, -0.15) is 0 Å². The summed E-state index contributed by atoms with van der Waals surface area (Å²) in [5, 5.41) is 4.25. The molecule has 2 nitrogen and oxygen atoms in total. The van der Waals surface area contributed by atoms with E-state index in [4.69, 9.17) is 0 Å². The molecule has 0 atom stereocenters. The number of aromatic nitrogens is 1. The molecule has 0 fully saturated rings. The van der Waals surface area contributed by atoms with Crippen LogP contribution in [0.5, 0.6) is 0 Å². The lowest BCUT2D eigenvalue weighted by atomic mass is 10.1. The fourth-order valence-electron chi connectivity index (χ4n) is 1.49. The zero-order valence-corrected chi connectivity index (χ0v) is 8.88. The second-order valence-electron chi connectivity index (χ2n) is 3.22. The number of thiol groups is 1. The number of fused-ring (bicyclic) bond motifs is 1. The topological polar surface area (TPSA) is 24.9 Å². The Morgan fingerprint density at radius 1 is 1.43 bits per heavy atom. The highest BCUT2D eigenvalue weighted by Gasteiger charge is 1.99. The summed E-state index contributed by atoms with van der Waals surface area (Å²) in [6, 6.07) is 8.14. The molecule has 72 valence electrons. The number of pyridine rings is 1. The molecule has 0 aliphatic rings. The van der Waals surface area contributed by atoms with Crippen molar-refractivity contribution in [2.75, 3.05) is 7.05 Å². The first-order valence-electron chi connectivity index (χ1n) is 4.52. The van der Waals surface area contributed by atoms with Crippen LogP contribution >= 0.6 is 12.6 Å². The molecule has 1 aromatic carbocycles. The van der Waals surface area contributed by atoms with E-state index in [0.29, 0.717) is 0 Å². The summed E-state index contributed by atoms with van der Waals surface area (Å²) in [7, 11) is 1.93. The third-order valence-corrected chi connectivity index (χ3v) is 2.49. The molecule has 3 heteroatoms. The van der Waals surface area contributed by atoms with E-state index >= 15 is 0 Å². The number of para-hydroxylation sites is 1. The van der Waals surface area contributed by atoms with Gasteiger partial charge in [0, 0.05) is 23.0 Å². The van der Waals surface area contributed by atoms with Gasteiger partial charge in [0.05, 0.1) is 5.52 Å². The highest BCUT2D eigenvalue weighted by atomic mass is 32.1. The van der Waals surface area contributed by atoms with E-state index in [1.165, 1.54) is 5.56 Å². The van der Waals surface area contributed by atoms with Crippen LogP contribution in [0.1, 0.15) is 5.56 Å². The van der Waals surface area contributed by atoms with Crippen LogP contribution in [0.15, 0.2) is 35.4 Å². The van der Waals surface area contributed by atoms with Gasteiger partial charge in [0.1, 0.15) is 0 Å². The van der Waals surface area contributed by atoms with Gasteiger partial charge < -0.3 is 5.32 Å². The van der Waals surface area contributed by atoms with Gasteiger partial charge in [0.25, 0.3) is 0 Å². The smallest absolute Gasteiger partial charge is 0.0835 e. The average molecular weight is 204 g/mol. The fraction of sp³-hybridized carbons (Fsp3) is 0.182. The first-order chi connectivity index (χ1) is 6.81. The minimum absolute atomic E-state index is 0.847. The zero-order valence-electron chi connectivity index (χ0n) is 7.99. The van der Waals surface area contributed by atoms with E-state index in [2.05, 4.69) is 35.1 Å². The van der Waals surface area contributed by atoms with E-state index in [0.717, 1.165) is 22.3 Å². The van der Waals surface area contributed by atoms with Gasteiger partial charge in [-0.15, -0.1) is 12.6 Å². The number of nitrogens with zero attached hydrogens (tertiary/aromatic N) is 1. The number of nitrogens with one attached hydrogen (secondary N) is 1. The van der Waals surface area contributed by atoms with Crippen LogP contribution in [0.3, 0.4) is 0 Å². The van der Waals surface area contributed by atoms with Crippen molar-refractivity contribution in [2.24, 2.45) is 0 Å². The quantitative estimate of drug-likeness (QED) is 0.733. The molecule has 2 rings (SSSR count). The molecule has 1 heterocycles. The second kappa shape index (κ2) is 3.98. The summed E-state index contributed by atoms with van der Waals surface area (Å²) in [6.45, 7) is 0.847. The molecule has 1 aromatic heterocycles. The van der Waals surface area contributed by atoms with Gasteiger partial charge in [-0.25, -0.2) is 0 Å². The van der Waals surface area contributed by atoms with Crippen molar-refractivity contribution in [2.45, 2.75) is 11.4 Å². The molecule has 2 aromatic rings. The minimum atomic E-state index is 0.847. The number of rotatable bonds is 2. The van der Waals surface area contributed by atoms with Gasteiger partial charge in [-0.05, 0) is 24.7 Å². The molecular weight excluding hydrogens is 192 g/mol. The van der Waals surface area contributed by atoms with E-state index in [9.17, 15) is 0 Å². The molecule has 0 bridgehead atoms. The molecule has 0 radical (unpaired) electrons. The minimum Gasteiger partial charge on any atom is -0.316 e. The van der Waals surface area contributed by atoms with Crippen LogP contribution in [0.4, 0.5) is 0 Å². The lowest BCUT2D eigenvalue weighted by Crippen LogP contribution is -2.05. The summed E-state index contributed by atoms with van der Waals surface area (Å²) in [5.74, 6) is 0. The van der Waals surface area contributed by atoms with Crippen LogP contribution in [0.25, 0.3) is 10.9 Å². The van der Waals surface area contributed by atoms with Crippen LogP contribution in [0, 0.1) is 0 Å². The van der Waals surface area contributed by atoms with Crippen molar-refractivity contribution >= 4 is 23.5 Å². The summed E-state index contributed by atoms with van der Waals surface area (Å²) < 4.78 is 0. The molecule has 0 aliphatic carbocycles. The molecular formula is C11H12N2S. The van der Waals surface area contributed by atoms with Crippen molar-refractivity contribution in [1.82, 2.24) is 10.3 Å². The maximum absolute atomic E-state index is 4.38. The third-order valence-electron chi connectivity index (χ3n) is 2.13. The Bertz CT molecular complexity index is 454. The van der Waals surface area contributed by atoms with Crippen LogP contribution in [-0.2, 0) is 6.54 Å². The first kappa shape index (κ1) is 9.49. The van der Waals surface area contributed by atoms with Crippen LogP contribution < -0.4 is 5.32 Å². The molecule has 0 aliphatic heterocycles. The van der Waals surface area contributed by atoms with Crippen LogP contribution in [-0.4, -0.2) is 12.0 Å². The predicted octanol–water partition coefficient (Wildman–Crippen LogP) is 2.24. The van der Waals surface area contributed by atoms with E-state index < -0.39 is 0 Å². The zero-order chi connectivity index (χ0) is 9.97. The summed E-state index contributed by atoms with van der Waals surface area (Å²) in [6.07, 6.45) is 1.89. The summed E-state index contributed by atoms with van der Waals surface area (Å²) >= 11 is 4.36. The predicted molar refractivity (Wildman–Crippen MR) is 61.8 cm³/mol. The molecule has 0 spiro atoms. The van der Waals surface area contributed by atoms with Crippen molar-refractivity contribution in [3.8, 4) is 0 Å². The third kappa shape index (κ3) is 1.74. The highest BCUT2D eigenvalue weighted by molar-refractivity contribution is 7.80. The fourth-order valence-corrected chi connectivity index (χ4v) is 1.76. The lowest BCUT2D eigenvalue weighted by molar-refractivity contribution is 0.815. The average Bonchev–Trinajstić information content (AvgIpc) is 2.18. The maximum atomic E-state index is 4.38. The van der Waals surface area contributed by atoms with Crippen molar-refractivity contribution in [1.29, 1.82) is 0 Å². The number of hydrogen-bond donors (Lipinski definition) is 2. The number of hydrogen-bond acceptors (Lipinski definition) is 3. The van der Waals surface area contributed by atoms with Crippen molar-refractivity contribution in [3.05, 3.63) is 36.0 Å². The summed E-state index contributed by atoms with van der Waals surface area (Å²) in [5.41, 5.74) is 2.16. The Hall–Kier alpha value is -1.06. The van der Waals surface area contributed by atoms with E-state index in [-0.39, 0.29) is 0 Å². The monoisotopic (exact) mass is 204 g/mol. The summed E-state index contributed by atoms with van der Waals surface area (Å²) in [4.78, 5) is 5.31. The van der Waals surface area contributed by atoms with Crippen molar-refractivity contribution in [3.63, 3.8) is 0 Å². The Morgan fingerprint density at radius 2 is 2.29 bits per heavy atom.